The smallest absolute Gasteiger partial charge is 0.387 e. The summed E-state index contributed by atoms with van der Waals surface area (Å²) < 4.78 is 28.7. The number of nitrogen functional groups attached to an aromatic ring is 1. The van der Waals surface area contributed by atoms with E-state index in [9.17, 15) is 8.78 Å². The lowest BCUT2D eigenvalue weighted by molar-refractivity contribution is -0.0497. The molecule has 0 aliphatic carbocycles. The Bertz CT molecular complexity index is 615. The van der Waals surface area contributed by atoms with Gasteiger partial charge in [-0.25, -0.2) is 0 Å². The Morgan fingerprint density at radius 1 is 1.14 bits per heavy atom. The third-order valence-corrected chi connectivity index (χ3v) is 3.30. The number of ether oxygens (including phenoxy) is 1. The molecule has 0 bridgehead atoms. The number of nitrogens with one attached hydrogen (secondary N) is 1. The number of alkyl halides is 2. The molecular formula is C14H12Cl2F2N2O. The molecule has 0 aliphatic heterocycles. The van der Waals surface area contributed by atoms with Gasteiger partial charge in [0.25, 0.3) is 0 Å². The Hall–Kier alpha value is -1.72. The zero-order valence-electron chi connectivity index (χ0n) is 10.7. The van der Waals surface area contributed by atoms with Crippen molar-refractivity contribution in [3.05, 3.63) is 52.0 Å². The third-order valence-electron chi connectivity index (χ3n) is 2.74. The standard InChI is InChI=1S/C14H12Cl2F2N2O/c15-10-5-9(6-11(16)13(10)21-14(17)18)20-7-8-3-1-2-4-12(8)19/h1-6,14,20H,7,19H2. The molecule has 0 atom stereocenters. The molecule has 0 spiro atoms. The maximum Gasteiger partial charge on any atom is 0.387 e. The average molecular weight is 333 g/mol. The van der Waals surface area contributed by atoms with Crippen LogP contribution in [0.3, 0.4) is 0 Å². The Morgan fingerprint density at radius 2 is 1.76 bits per heavy atom. The van der Waals surface area contributed by atoms with Crippen LogP contribution in [0.5, 0.6) is 5.75 Å². The van der Waals surface area contributed by atoms with E-state index in [0.717, 1.165) is 5.56 Å². The van der Waals surface area contributed by atoms with Gasteiger partial charge in [-0.15, -0.1) is 0 Å². The van der Waals surface area contributed by atoms with Crippen molar-refractivity contribution in [2.75, 3.05) is 11.1 Å². The van der Waals surface area contributed by atoms with E-state index < -0.39 is 6.61 Å². The van der Waals surface area contributed by atoms with Crippen LogP contribution in [0.25, 0.3) is 0 Å². The van der Waals surface area contributed by atoms with Crippen LogP contribution in [0.15, 0.2) is 36.4 Å². The molecule has 0 aromatic heterocycles. The van der Waals surface area contributed by atoms with E-state index in [-0.39, 0.29) is 15.8 Å². The number of hydrogen-bond donors (Lipinski definition) is 2. The first-order valence-corrected chi connectivity index (χ1v) is 6.74. The molecule has 3 N–H and O–H groups in total. The van der Waals surface area contributed by atoms with E-state index in [1.807, 2.05) is 18.2 Å². The molecule has 0 aliphatic rings. The van der Waals surface area contributed by atoms with Gasteiger partial charge >= 0.3 is 6.61 Å². The molecule has 0 unspecified atom stereocenters. The van der Waals surface area contributed by atoms with Gasteiger partial charge in [0.15, 0.2) is 5.75 Å². The van der Waals surface area contributed by atoms with Crippen molar-refractivity contribution in [2.24, 2.45) is 0 Å². The first-order valence-electron chi connectivity index (χ1n) is 5.98. The summed E-state index contributed by atoms with van der Waals surface area (Å²) in [5, 5.41) is 3.08. The van der Waals surface area contributed by atoms with E-state index in [1.165, 1.54) is 12.1 Å². The summed E-state index contributed by atoms with van der Waals surface area (Å²) in [6.07, 6.45) is 0. The quantitative estimate of drug-likeness (QED) is 0.774. The van der Waals surface area contributed by atoms with Crippen LogP contribution in [-0.2, 0) is 6.54 Å². The predicted octanol–water partition coefficient (Wildman–Crippen LogP) is 4.79. The summed E-state index contributed by atoms with van der Waals surface area (Å²) in [4.78, 5) is 0. The lowest BCUT2D eigenvalue weighted by Gasteiger charge is -2.13. The first-order chi connectivity index (χ1) is 9.97. The third kappa shape index (κ3) is 4.12. The van der Waals surface area contributed by atoms with Crippen molar-refractivity contribution in [2.45, 2.75) is 13.2 Å². The molecular weight excluding hydrogens is 321 g/mol. The lowest BCUT2D eigenvalue weighted by Crippen LogP contribution is -2.05. The van der Waals surface area contributed by atoms with Crippen LogP contribution >= 0.6 is 23.2 Å². The number of anilines is 2. The van der Waals surface area contributed by atoms with Crippen LogP contribution in [0.2, 0.25) is 10.0 Å². The predicted molar refractivity (Wildman–Crippen MR) is 81.3 cm³/mol. The van der Waals surface area contributed by atoms with E-state index in [0.29, 0.717) is 17.9 Å². The molecule has 2 aromatic rings. The fourth-order valence-electron chi connectivity index (χ4n) is 1.76. The summed E-state index contributed by atoms with van der Waals surface area (Å²) in [7, 11) is 0. The molecule has 0 radical (unpaired) electrons. The number of rotatable bonds is 5. The number of benzene rings is 2. The Kier molecular flexibility index (Phi) is 5.09. The van der Waals surface area contributed by atoms with Crippen LogP contribution in [0.4, 0.5) is 20.2 Å². The van der Waals surface area contributed by atoms with Crippen molar-refractivity contribution in [3.63, 3.8) is 0 Å². The molecule has 112 valence electrons. The summed E-state index contributed by atoms with van der Waals surface area (Å²) in [5.74, 6) is -0.238. The van der Waals surface area contributed by atoms with Crippen molar-refractivity contribution >= 4 is 34.6 Å². The molecule has 2 aromatic carbocycles. The van der Waals surface area contributed by atoms with Gasteiger partial charge in [-0.2, -0.15) is 8.78 Å². The van der Waals surface area contributed by atoms with Crippen molar-refractivity contribution in [3.8, 4) is 5.75 Å². The largest absolute Gasteiger partial charge is 0.432 e. The summed E-state index contributed by atoms with van der Waals surface area (Å²) in [6.45, 7) is -2.53. The Morgan fingerprint density at radius 3 is 2.33 bits per heavy atom. The minimum Gasteiger partial charge on any atom is -0.432 e. The molecule has 7 heteroatoms. The highest BCUT2D eigenvalue weighted by Gasteiger charge is 2.14. The summed E-state index contributed by atoms with van der Waals surface area (Å²) in [5.41, 5.74) is 7.96. The highest BCUT2D eigenvalue weighted by atomic mass is 35.5. The van der Waals surface area contributed by atoms with Crippen molar-refractivity contribution in [1.82, 2.24) is 0 Å². The fraction of sp³-hybridized carbons (Fsp3) is 0.143. The van der Waals surface area contributed by atoms with Gasteiger partial charge in [-0.05, 0) is 23.8 Å². The topological polar surface area (TPSA) is 47.3 Å². The SMILES string of the molecule is Nc1ccccc1CNc1cc(Cl)c(OC(F)F)c(Cl)c1. The molecule has 0 saturated heterocycles. The maximum atomic E-state index is 12.2. The molecule has 0 amide bonds. The van der Waals surface area contributed by atoms with E-state index in [4.69, 9.17) is 28.9 Å². The highest BCUT2D eigenvalue weighted by molar-refractivity contribution is 6.37. The van der Waals surface area contributed by atoms with Crippen molar-refractivity contribution < 1.29 is 13.5 Å². The van der Waals surface area contributed by atoms with E-state index in [2.05, 4.69) is 10.1 Å². The molecule has 0 heterocycles. The fourth-order valence-corrected chi connectivity index (χ4v) is 2.33. The zero-order chi connectivity index (χ0) is 15.4. The minimum atomic E-state index is -2.98. The summed E-state index contributed by atoms with van der Waals surface area (Å²) >= 11 is 11.8. The van der Waals surface area contributed by atoms with Crippen molar-refractivity contribution in [1.29, 1.82) is 0 Å². The normalized spacial score (nSPS) is 10.7. The molecule has 0 saturated carbocycles. The van der Waals surface area contributed by atoms with Gasteiger partial charge in [-0.1, -0.05) is 41.4 Å². The second-order valence-electron chi connectivity index (χ2n) is 4.20. The molecule has 21 heavy (non-hydrogen) atoms. The number of para-hydroxylation sites is 1. The molecule has 0 fully saturated rings. The van der Waals surface area contributed by atoms with Gasteiger partial charge < -0.3 is 15.8 Å². The Labute approximate surface area is 130 Å². The van der Waals surface area contributed by atoms with Gasteiger partial charge in [0, 0.05) is 17.9 Å². The first kappa shape index (κ1) is 15.7. The number of nitrogens with two attached hydrogens (primary N) is 1. The highest BCUT2D eigenvalue weighted by Crippen LogP contribution is 2.37. The number of hydrogen-bond acceptors (Lipinski definition) is 3. The van der Waals surface area contributed by atoms with E-state index in [1.54, 1.807) is 6.07 Å². The second-order valence-corrected chi connectivity index (χ2v) is 5.01. The van der Waals surface area contributed by atoms with E-state index >= 15 is 0 Å². The maximum absolute atomic E-state index is 12.2. The average Bonchev–Trinajstić information content (AvgIpc) is 2.42. The van der Waals surface area contributed by atoms with Gasteiger partial charge in [0.2, 0.25) is 0 Å². The second kappa shape index (κ2) is 6.83. The zero-order valence-corrected chi connectivity index (χ0v) is 12.3. The van der Waals surface area contributed by atoms with Crippen LogP contribution in [-0.4, -0.2) is 6.61 Å². The van der Waals surface area contributed by atoms with Gasteiger partial charge in [0.05, 0.1) is 10.0 Å². The minimum absolute atomic E-state index is 0.00586. The number of halogens is 4. The molecule has 2 rings (SSSR count). The monoisotopic (exact) mass is 332 g/mol. The Balaban J connectivity index is 2.13. The van der Waals surface area contributed by atoms with Crippen LogP contribution in [0.1, 0.15) is 5.56 Å². The van der Waals surface area contributed by atoms with Crippen LogP contribution < -0.4 is 15.8 Å². The van der Waals surface area contributed by atoms with Crippen LogP contribution in [0, 0.1) is 0 Å². The lowest BCUT2D eigenvalue weighted by atomic mass is 10.2. The molecule has 3 nitrogen and oxygen atoms in total. The summed E-state index contributed by atoms with van der Waals surface area (Å²) in [6, 6.07) is 10.3. The van der Waals surface area contributed by atoms with Gasteiger partial charge in [0.1, 0.15) is 0 Å². The van der Waals surface area contributed by atoms with Gasteiger partial charge in [-0.3, -0.25) is 0 Å².